The van der Waals surface area contributed by atoms with Crippen molar-refractivity contribution in [1.29, 1.82) is 0 Å². The van der Waals surface area contributed by atoms with Crippen molar-refractivity contribution in [2.24, 2.45) is 5.73 Å². The number of fused-ring (bicyclic) bond motifs is 3. The normalized spacial score (nSPS) is 12.0. The van der Waals surface area contributed by atoms with Gasteiger partial charge in [-0.1, -0.05) is 37.6 Å². The number of para-hydroxylation sites is 1. The Labute approximate surface area is 190 Å². The van der Waals surface area contributed by atoms with Crippen LogP contribution in [0, 0.1) is 0 Å². The molecule has 7 N–H and O–H groups in total. The first-order chi connectivity index (χ1) is 15.7. The second-order valence-corrected chi connectivity index (χ2v) is 8.98. The lowest BCUT2D eigenvalue weighted by atomic mass is 10.1. The van der Waals surface area contributed by atoms with Crippen LogP contribution in [0.1, 0.15) is 36.7 Å². The number of pyridine rings is 1. The second kappa shape index (κ2) is 8.99. The average Bonchev–Trinajstić information content (AvgIpc) is 3.12. The fraction of sp³-hybridized carbons (Fsp3) is 0.273. The lowest BCUT2D eigenvalue weighted by Gasteiger charge is -2.15. The highest BCUT2D eigenvalue weighted by atomic mass is 31.2. The highest BCUT2D eigenvalue weighted by Crippen LogP contribution is 2.43. The van der Waals surface area contributed by atoms with Crippen molar-refractivity contribution in [2.75, 3.05) is 5.73 Å². The summed E-state index contributed by atoms with van der Waals surface area (Å²) in [6, 6.07) is 10.3. The van der Waals surface area contributed by atoms with Crippen LogP contribution in [0.5, 0.6) is 11.5 Å². The fourth-order valence-corrected chi connectivity index (χ4v) is 4.30. The molecule has 0 atom stereocenters. The maximum Gasteiger partial charge on any atom is 0.524 e. The van der Waals surface area contributed by atoms with E-state index >= 15 is 0 Å². The van der Waals surface area contributed by atoms with Gasteiger partial charge in [-0.15, -0.1) is 0 Å². The zero-order valence-corrected chi connectivity index (χ0v) is 19.0. The van der Waals surface area contributed by atoms with Crippen molar-refractivity contribution in [2.45, 2.75) is 39.3 Å². The maximum absolute atomic E-state index is 11.3. The van der Waals surface area contributed by atoms with Gasteiger partial charge in [0.15, 0.2) is 17.3 Å². The van der Waals surface area contributed by atoms with Gasteiger partial charge in [-0.25, -0.2) is 14.5 Å². The van der Waals surface area contributed by atoms with E-state index in [-0.39, 0.29) is 18.0 Å². The van der Waals surface area contributed by atoms with E-state index in [0.29, 0.717) is 35.4 Å². The van der Waals surface area contributed by atoms with E-state index in [1.54, 1.807) is 12.1 Å². The summed E-state index contributed by atoms with van der Waals surface area (Å²) in [5, 5.41) is 11.5. The Hall–Kier alpha value is -3.17. The molecule has 0 radical (unpaired) electrons. The number of nitrogen functional groups attached to an aromatic ring is 1. The number of hydrogen-bond acceptors (Lipinski definition) is 7. The quantitative estimate of drug-likeness (QED) is 0.242. The smallest absolute Gasteiger partial charge is 0.504 e. The molecule has 0 aliphatic heterocycles. The molecule has 2 heterocycles. The molecule has 0 spiro atoms. The van der Waals surface area contributed by atoms with Crippen molar-refractivity contribution in [1.82, 2.24) is 14.5 Å². The highest BCUT2D eigenvalue weighted by Gasteiger charge is 2.22. The number of unbranched alkanes of at least 4 members (excludes halogenated alkanes) is 1. The zero-order chi connectivity index (χ0) is 23.8. The summed E-state index contributed by atoms with van der Waals surface area (Å²) in [4.78, 5) is 27.6. The van der Waals surface area contributed by atoms with E-state index in [9.17, 15) is 9.67 Å². The third-order valence-electron chi connectivity index (χ3n) is 5.47. The minimum atomic E-state index is -4.83. The molecule has 2 aromatic heterocycles. The lowest BCUT2D eigenvalue weighted by Crippen LogP contribution is -2.07. The SMILES string of the molecule is CCCCc1nc2c(N)nc3cc(CN)ccc3c2n1Cc1cccc(OP(=O)(O)O)c1O. The predicted molar refractivity (Wildman–Crippen MR) is 126 cm³/mol. The largest absolute Gasteiger partial charge is 0.524 e. The van der Waals surface area contributed by atoms with Crippen LogP contribution < -0.4 is 16.0 Å². The molecule has 0 saturated carbocycles. The van der Waals surface area contributed by atoms with E-state index in [0.717, 1.165) is 35.1 Å². The Balaban J connectivity index is 1.92. The topological polar surface area (TPSA) is 170 Å². The van der Waals surface area contributed by atoms with Gasteiger partial charge in [0.25, 0.3) is 0 Å². The molecule has 4 rings (SSSR count). The molecule has 4 aromatic rings. The Kier molecular flexibility index (Phi) is 6.27. The van der Waals surface area contributed by atoms with Gasteiger partial charge in [0.2, 0.25) is 0 Å². The summed E-state index contributed by atoms with van der Waals surface area (Å²) in [5.74, 6) is 0.433. The number of anilines is 1. The molecule has 174 valence electrons. The number of imidazole rings is 1. The average molecular weight is 471 g/mol. The number of phenols is 1. The van der Waals surface area contributed by atoms with Crippen LogP contribution >= 0.6 is 7.82 Å². The van der Waals surface area contributed by atoms with E-state index in [1.165, 1.54) is 6.07 Å². The molecule has 0 aliphatic carbocycles. The standard InChI is InChI=1S/C22H26N5O5P/c1-2-3-7-18-26-19-20(15-9-8-13(11-23)10-16(15)25-22(19)24)27(18)12-14-5-4-6-17(21(14)28)32-33(29,30)31/h4-6,8-10,28H,2-3,7,11-12,23H2,1H3,(H2,24,25)(H2,29,30,31). The number of benzene rings is 2. The number of phenolic OH excluding ortho intramolecular Hbond substituents is 1. The molecule has 0 aliphatic rings. The van der Waals surface area contributed by atoms with E-state index in [1.807, 2.05) is 22.8 Å². The number of phosphoric ester groups is 1. The highest BCUT2D eigenvalue weighted by molar-refractivity contribution is 7.46. The Bertz CT molecular complexity index is 1380. The Morgan fingerprint density at radius 1 is 1.18 bits per heavy atom. The van der Waals surface area contributed by atoms with Crippen LogP contribution in [-0.4, -0.2) is 29.4 Å². The summed E-state index contributed by atoms with van der Waals surface area (Å²) in [6.07, 6.45) is 2.56. The number of hydrogen-bond donors (Lipinski definition) is 5. The lowest BCUT2D eigenvalue weighted by molar-refractivity contribution is 0.277. The molecule has 0 saturated heterocycles. The molecule has 33 heavy (non-hydrogen) atoms. The van der Waals surface area contributed by atoms with Crippen LogP contribution in [0.2, 0.25) is 0 Å². The van der Waals surface area contributed by atoms with Crippen LogP contribution in [0.25, 0.3) is 21.9 Å². The maximum atomic E-state index is 11.3. The molecule has 0 bridgehead atoms. The zero-order valence-electron chi connectivity index (χ0n) is 18.1. The first kappa shape index (κ1) is 23.0. The minimum absolute atomic E-state index is 0.191. The first-order valence-electron chi connectivity index (χ1n) is 10.5. The molecular formula is C22H26N5O5P. The Morgan fingerprint density at radius 3 is 2.67 bits per heavy atom. The van der Waals surface area contributed by atoms with Gasteiger partial charge in [0, 0.05) is 23.9 Å². The van der Waals surface area contributed by atoms with E-state index < -0.39 is 7.82 Å². The summed E-state index contributed by atoms with van der Waals surface area (Å²) in [7, 11) is -4.83. The molecule has 0 fully saturated rings. The number of nitrogens with zero attached hydrogens (tertiary/aromatic N) is 3. The monoisotopic (exact) mass is 471 g/mol. The van der Waals surface area contributed by atoms with Crippen LogP contribution in [0.15, 0.2) is 36.4 Å². The van der Waals surface area contributed by atoms with Gasteiger partial charge in [0.05, 0.1) is 17.6 Å². The number of nitrogens with two attached hydrogens (primary N) is 2. The number of rotatable bonds is 8. The fourth-order valence-electron chi connectivity index (χ4n) is 3.89. The summed E-state index contributed by atoms with van der Waals surface area (Å²) in [5.41, 5.74) is 15.4. The van der Waals surface area contributed by atoms with Gasteiger partial charge in [-0.05, 0) is 24.1 Å². The molecule has 0 amide bonds. The predicted octanol–water partition coefficient (Wildman–Crippen LogP) is 3.19. The third kappa shape index (κ3) is 4.65. The third-order valence-corrected chi connectivity index (χ3v) is 5.90. The summed E-state index contributed by atoms with van der Waals surface area (Å²) in [6.45, 7) is 2.65. The number of aryl methyl sites for hydroxylation is 1. The van der Waals surface area contributed by atoms with Gasteiger partial charge in [-0.3, -0.25) is 9.79 Å². The number of aromatic hydroxyl groups is 1. The summed E-state index contributed by atoms with van der Waals surface area (Å²) < 4.78 is 17.9. The van der Waals surface area contributed by atoms with Crippen LogP contribution in [0.3, 0.4) is 0 Å². The molecule has 0 unspecified atom stereocenters. The summed E-state index contributed by atoms with van der Waals surface area (Å²) >= 11 is 0. The van der Waals surface area contributed by atoms with Crippen LogP contribution in [0.4, 0.5) is 5.82 Å². The van der Waals surface area contributed by atoms with Crippen LogP contribution in [-0.2, 0) is 24.1 Å². The van der Waals surface area contributed by atoms with Crippen molar-refractivity contribution in [3.05, 3.63) is 53.3 Å². The first-order valence-corrected chi connectivity index (χ1v) is 12.1. The molecular weight excluding hydrogens is 445 g/mol. The van der Waals surface area contributed by atoms with Gasteiger partial charge in [0.1, 0.15) is 11.3 Å². The van der Waals surface area contributed by atoms with Gasteiger partial charge < -0.3 is 25.7 Å². The number of phosphoric acid groups is 1. The van der Waals surface area contributed by atoms with Crippen molar-refractivity contribution >= 4 is 35.6 Å². The van der Waals surface area contributed by atoms with Gasteiger partial charge >= 0.3 is 7.82 Å². The number of aromatic nitrogens is 3. The second-order valence-electron chi connectivity index (χ2n) is 7.81. The molecule has 10 nitrogen and oxygen atoms in total. The Morgan fingerprint density at radius 2 is 1.97 bits per heavy atom. The van der Waals surface area contributed by atoms with Crippen molar-refractivity contribution < 1.29 is 24.0 Å². The molecule has 2 aromatic carbocycles. The molecule has 11 heteroatoms. The van der Waals surface area contributed by atoms with E-state index in [2.05, 4.69) is 16.4 Å². The minimum Gasteiger partial charge on any atom is -0.504 e. The van der Waals surface area contributed by atoms with Crippen molar-refractivity contribution in [3.8, 4) is 11.5 Å². The van der Waals surface area contributed by atoms with Gasteiger partial charge in [-0.2, -0.15) is 0 Å². The van der Waals surface area contributed by atoms with E-state index in [4.69, 9.17) is 26.2 Å². The van der Waals surface area contributed by atoms with Crippen molar-refractivity contribution in [3.63, 3.8) is 0 Å².